The highest BCUT2D eigenvalue weighted by molar-refractivity contribution is 6.31. The number of halogens is 1. The highest BCUT2D eigenvalue weighted by atomic mass is 35.5. The third-order valence-electron chi connectivity index (χ3n) is 4.12. The van der Waals surface area contributed by atoms with E-state index in [4.69, 9.17) is 16.3 Å². The minimum absolute atomic E-state index is 0.426. The smallest absolute Gasteiger partial charge is 0.232 e. The van der Waals surface area contributed by atoms with Crippen molar-refractivity contribution in [2.45, 2.75) is 12.8 Å². The van der Waals surface area contributed by atoms with Crippen molar-refractivity contribution in [3.63, 3.8) is 0 Å². The first-order valence-electron chi connectivity index (χ1n) is 8.11. The van der Waals surface area contributed by atoms with Crippen LogP contribution < -0.4 is 14.5 Å². The molecule has 24 heavy (non-hydrogen) atoms. The van der Waals surface area contributed by atoms with E-state index in [1.807, 2.05) is 25.1 Å². The van der Waals surface area contributed by atoms with E-state index in [1.165, 1.54) is 0 Å². The number of hydrogen-bond acceptors (Lipinski definition) is 6. The quantitative estimate of drug-likeness (QED) is 0.829. The summed E-state index contributed by atoms with van der Waals surface area (Å²) in [5.74, 6) is 2.82. The van der Waals surface area contributed by atoms with Crippen LogP contribution in [0.25, 0.3) is 0 Å². The Hall–Kier alpha value is -2.08. The van der Waals surface area contributed by atoms with Gasteiger partial charge in [0.25, 0.3) is 0 Å². The lowest BCUT2D eigenvalue weighted by Crippen LogP contribution is -2.38. The average molecular weight is 348 g/mol. The zero-order chi connectivity index (χ0) is 16.9. The van der Waals surface area contributed by atoms with Crippen LogP contribution in [-0.2, 0) is 0 Å². The lowest BCUT2D eigenvalue weighted by Gasteiger charge is -2.33. The summed E-state index contributed by atoms with van der Waals surface area (Å²) in [5, 5.41) is 0.552. The van der Waals surface area contributed by atoms with Gasteiger partial charge in [0.15, 0.2) is 0 Å². The van der Waals surface area contributed by atoms with Gasteiger partial charge in [-0.1, -0.05) is 11.6 Å². The minimum Gasteiger partial charge on any atom is -0.476 e. The van der Waals surface area contributed by atoms with Crippen LogP contribution in [0.4, 0.5) is 11.6 Å². The first-order chi connectivity index (χ1) is 11.6. The van der Waals surface area contributed by atoms with Crippen molar-refractivity contribution in [2.24, 2.45) is 5.92 Å². The molecule has 6 nitrogen and oxygen atoms in total. The van der Waals surface area contributed by atoms with Gasteiger partial charge in [-0.3, -0.25) is 0 Å². The maximum Gasteiger partial charge on any atom is 0.232 e. The summed E-state index contributed by atoms with van der Waals surface area (Å²) in [6.07, 6.45) is 5.56. The Bertz CT molecular complexity index is 682. The van der Waals surface area contributed by atoms with Crippen LogP contribution in [0, 0.1) is 5.92 Å². The molecule has 128 valence electrons. The number of hydrogen-bond donors (Lipinski definition) is 0. The first-order valence-corrected chi connectivity index (χ1v) is 8.49. The fourth-order valence-electron chi connectivity index (χ4n) is 2.84. The average Bonchev–Trinajstić information content (AvgIpc) is 2.61. The summed E-state index contributed by atoms with van der Waals surface area (Å²) < 4.78 is 5.81. The van der Waals surface area contributed by atoms with Crippen LogP contribution in [0.15, 0.2) is 30.7 Å². The van der Waals surface area contributed by atoms with Gasteiger partial charge < -0.3 is 14.5 Å². The van der Waals surface area contributed by atoms with E-state index in [-0.39, 0.29) is 0 Å². The monoisotopic (exact) mass is 347 g/mol. The Kier molecular flexibility index (Phi) is 5.35. The molecule has 3 rings (SSSR count). The van der Waals surface area contributed by atoms with Crippen molar-refractivity contribution in [1.29, 1.82) is 0 Å². The SMILES string of the molecule is CN(C)c1cc(N2CCCC(COc3ncccc3Cl)C2)ncn1. The highest BCUT2D eigenvalue weighted by Crippen LogP contribution is 2.25. The summed E-state index contributed by atoms with van der Waals surface area (Å²) in [7, 11) is 3.96. The zero-order valence-electron chi connectivity index (χ0n) is 14.0. The second kappa shape index (κ2) is 7.66. The summed E-state index contributed by atoms with van der Waals surface area (Å²) in [6.45, 7) is 2.53. The van der Waals surface area contributed by atoms with Crippen LogP contribution in [-0.4, -0.2) is 48.7 Å². The van der Waals surface area contributed by atoms with Crippen molar-refractivity contribution in [3.8, 4) is 5.88 Å². The molecule has 0 amide bonds. The number of rotatable bonds is 5. The molecule has 2 aromatic heterocycles. The maximum atomic E-state index is 6.09. The van der Waals surface area contributed by atoms with Gasteiger partial charge in [-0.25, -0.2) is 15.0 Å². The number of nitrogens with zero attached hydrogens (tertiary/aromatic N) is 5. The Balaban J connectivity index is 1.62. The van der Waals surface area contributed by atoms with E-state index in [0.29, 0.717) is 23.4 Å². The number of ether oxygens (including phenoxy) is 1. The summed E-state index contributed by atoms with van der Waals surface area (Å²) in [5.41, 5.74) is 0. The molecule has 1 atom stereocenters. The van der Waals surface area contributed by atoms with E-state index in [2.05, 4.69) is 19.9 Å². The Morgan fingerprint density at radius 1 is 1.33 bits per heavy atom. The molecule has 0 N–H and O–H groups in total. The van der Waals surface area contributed by atoms with E-state index >= 15 is 0 Å². The van der Waals surface area contributed by atoms with Crippen molar-refractivity contribution < 1.29 is 4.74 Å². The van der Waals surface area contributed by atoms with Gasteiger partial charge in [0.05, 0.1) is 6.61 Å². The molecule has 2 aromatic rings. The molecule has 0 aliphatic carbocycles. The molecule has 1 fully saturated rings. The lowest BCUT2D eigenvalue weighted by molar-refractivity contribution is 0.221. The fraction of sp³-hybridized carbons (Fsp3) is 0.471. The molecule has 1 saturated heterocycles. The number of pyridine rings is 1. The standard InChI is InChI=1S/C17H22ClN5O/c1-22(2)15-9-16(21-12-20-15)23-8-4-5-13(10-23)11-24-17-14(18)6-3-7-19-17/h3,6-7,9,12-13H,4-5,8,10-11H2,1-2H3. The van der Waals surface area contributed by atoms with Crippen molar-refractivity contribution in [1.82, 2.24) is 15.0 Å². The predicted molar refractivity (Wildman–Crippen MR) is 96.0 cm³/mol. The van der Waals surface area contributed by atoms with E-state index in [1.54, 1.807) is 24.7 Å². The molecule has 1 aliphatic heterocycles. The molecule has 0 spiro atoms. The summed E-state index contributed by atoms with van der Waals surface area (Å²) >= 11 is 6.09. The molecule has 1 aliphatic rings. The maximum absolute atomic E-state index is 6.09. The first kappa shape index (κ1) is 16.8. The van der Waals surface area contributed by atoms with Gasteiger partial charge in [-0.05, 0) is 25.0 Å². The van der Waals surface area contributed by atoms with Crippen LogP contribution in [0.5, 0.6) is 5.88 Å². The molecule has 7 heteroatoms. The van der Waals surface area contributed by atoms with Crippen LogP contribution >= 0.6 is 11.6 Å². The molecule has 0 bridgehead atoms. The van der Waals surface area contributed by atoms with Gasteiger partial charge in [0.2, 0.25) is 5.88 Å². The van der Waals surface area contributed by atoms with Crippen molar-refractivity contribution in [3.05, 3.63) is 35.7 Å². The van der Waals surface area contributed by atoms with Gasteiger partial charge in [-0.15, -0.1) is 0 Å². The molecule has 0 aromatic carbocycles. The molecule has 3 heterocycles. The largest absolute Gasteiger partial charge is 0.476 e. The third kappa shape index (κ3) is 4.06. The van der Waals surface area contributed by atoms with Crippen LogP contribution in [0.2, 0.25) is 5.02 Å². The Labute approximate surface area is 147 Å². The second-order valence-corrected chi connectivity index (χ2v) is 6.59. The van der Waals surface area contributed by atoms with E-state index < -0.39 is 0 Å². The van der Waals surface area contributed by atoms with Crippen molar-refractivity contribution >= 4 is 23.2 Å². The fourth-order valence-corrected chi connectivity index (χ4v) is 3.01. The van der Waals surface area contributed by atoms with Gasteiger partial charge >= 0.3 is 0 Å². The molecular weight excluding hydrogens is 326 g/mol. The summed E-state index contributed by atoms with van der Waals surface area (Å²) in [6, 6.07) is 5.62. The molecule has 1 unspecified atom stereocenters. The Morgan fingerprint density at radius 2 is 2.21 bits per heavy atom. The van der Waals surface area contributed by atoms with E-state index in [0.717, 1.165) is 37.6 Å². The van der Waals surface area contributed by atoms with E-state index in [9.17, 15) is 0 Å². The minimum atomic E-state index is 0.426. The second-order valence-electron chi connectivity index (χ2n) is 6.18. The number of anilines is 2. The normalized spacial score (nSPS) is 17.6. The van der Waals surface area contributed by atoms with Crippen LogP contribution in [0.3, 0.4) is 0 Å². The number of piperidine rings is 1. The summed E-state index contributed by atoms with van der Waals surface area (Å²) in [4.78, 5) is 17.2. The third-order valence-corrected chi connectivity index (χ3v) is 4.41. The van der Waals surface area contributed by atoms with Gasteiger partial charge in [-0.2, -0.15) is 0 Å². The predicted octanol–water partition coefficient (Wildman–Crippen LogP) is 2.89. The topological polar surface area (TPSA) is 54.4 Å². The highest BCUT2D eigenvalue weighted by Gasteiger charge is 2.22. The number of aromatic nitrogens is 3. The zero-order valence-corrected chi connectivity index (χ0v) is 14.8. The molecule has 0 radical (unpaired) electrons. The molecular formula is C17H22ClN5O. The molecule has 0 saturated carbocycles. The van der Waals surface area contributed by atoms with Gasteiger partial charge in [0.1, 0.15) is 23.0 Å². The Morgan fingerprint density at radius 3 is 3.00 bits per heavy atom. The lowest BCUT2D eigenvalue weighted by atomic mass is 9.99. The van der Waals surface area contributed by atoms with Gasteiger partial charge in [0, 0.05) is 45.4 Å². The van der Waals surface area contributed by atoms with Crippen molar-refractivity contribution in [2.75, 3.05) is 43.6 Å². The van der Waals surface area contributed by atoms with Crippen LogP contribution in [0.1, 0.15) is 12.8 Å².